The van der Waals surface area contributed by atoms with Gasteiger partial charge >= 0.3 is 0 Å². The van der Waals surface area contributed by atoms with Crippen LogP contribution < -0.4 is 5.32 Å². The van der Waals surface area contributed by atoms with Crippen molar-refractivity contribution in [1.82, 2.24) is 14.9 Å². The van der Waals surface area contributed by atoms with E-state index in [1.54, 1.807) is 12.5 Å². The summed E-state index contributed by atoms with van der Waals surface area (Å²) in [4.78, 5) is 16.4. The molecule has 0 bridgehead atoms. The van der Waals surface area contributed by atoms with Gasteiger partial charge in [0.15, 0.2) is 0 Å². The molecule has 1 aromatic heterocycles. The lowest BCUT2D eigenvalue weighted by Crippen LogP contribution is -2.25. The van der Waals surface area contributed by atoms with E-state index >= 15 is 0 Å². The molecule has 0 spiro atoms. The van der Waals surface area contributed by atoms with E-state index in [1.165, 1.54) is 16.7 Å². The Morgan fingerprint density at radius 2 is 1.96 bits per heavy atom. The van der Waals surface area contributed by atoms with Crippen molar-refractivity contribution in [2.24, 2.45) is 0 Å². The molecule has 3 aromatic rings. The zero-order valence-electron chi connectivity index (χ0n) is 15.2. The third-order valence-electron chi connectivity index (χ3n) is 4.57. The molecule has 0 radical (unpaired) electrons. The van der Waals surface area contributed by atoms with Crippen LogP contribution in [0.1, 0.15) is 33.5 Å². The minimum atomic E-state index is -0.00316. The lowest BCUT2D eigenvalue weighted by atomic mass is 9.98. The van der Waals surface area contributed by atoms with Crippen molar-refractivity contribution in [1.29, 1.82) is 0 Å². The fourth-order valence-corrected chi connectivity index (χ4v) is 2.99. The standard InChI is InChI=1S/C22H25N3O/c1-18-8-10-21(16-20(18)11-9-19-6-3-2-4-7-19)22(26)24-12-5-14-25-15-13-23-17-25/h2-4,6-8,10,13,15-17H,5,9,11-12,14H2,1H3,(H,24,26). The summed E-state index contributed by atoms with van der Waals surface area (Å²) in [5.41, 5.74) is 4.53. The normalized spacial score (nSPS) is 10.7. The van der Waals surface area contributed by atoms with Crippen molar-refractivity contribution in [2.45, 2.75) is 32.7 Å². The molecular formula is C22H25N3O. The Balaban J connectivity index is 1.53. The van der Waals surface area contributed by atoms with Crippen LogP contribution in [0.5, 0.6) is 0 Å². The monoisotopic (exact) mass is 347 g/mol. The van der Waals surface area contributed by atoms with E-state index in [9.17, 15) is 4.79 Å². The Morgan fingerprint density at radius 1 is 1.12 bits per heavy atom. The van der Waals surface area contributed by atoms with Crippen molar-refractivity contribution >= 4 is 5.91 Å². The summed E-state index contributed by atoms with van der Waals surface area (Å²) in [5, 5.41) is 3.01. The van der Waals surface area contributed by atoms with Gasteiger partial charge in [0.05, 0.1) is 6.33 Å². The van der Waals surface area contributed by atoms with E-state index in [4.69, 9.17) is 0 Å². The van der Waals surface area contributed by atoms with Crippen LogP contribution in [-0.2, 0) is 19.4 Å². The van der Waals surface area contributed by atoms with E-state index in [2.05, 4.69) is 41.5 Å². The van der Waals surface area contributed by atoms with Crippen LogP contribution >= 0.6 is 0 Å². The van der Waals surface area contributed by atoms with Crippen LogP contribution in [0.3, 0.4) is 0 Å². The molecule has 4 nitrogen and oxygen atoms in total. The molecule has 1 amide bonds. The van der Waals surface area contributed by atoms with Gasteiger partial charge in [-0.3, -0.25) is 4.79 Å². The molecule has 2 aromatic carbocycles. The third kappa shape index (κ3) is 5.06. The number of amides is 1. The van der Waals surface area contributed by atoms with Gasteiger partial charge in [0, 0.05) is 31.0 Å². The number of nitrogens with zero attached hydrogens (tertiary/aromatic N) is 2. The van der Waals surface area contributed by atoms with Gasteiger partial charge < -0.3 is 9.88 Å². The van der Waals surface area contributed by atoms with E-state index in [0.29, 0.717) is 6.54 Å². The quantitative estimate of drug-likeness (QED) is 0.630. The van der Waals surface area contributed by atoms with Crippen molar-refractivity contribution in [3.05, 3.63) is 89.5 Å². The molecule has 134 valence electrons. The highest BCUT2D eigenvalue weighted by molar-refractivity contribution is 5.94. The average molecular weight is 347 g/mol. The first-order valence-electron chi connectivity index (χ1n) is 9.10. The fourth-order valence-electron chi connectivity index (χ4n) is 2.99. The van der Waals surface area contributed by atoms with Gasteiger partial charge in [0.2, 0.25) is 0 Å². The highest BCUT2D eigenvalue weighted by Crippen LogP contribution is 2.14. The maximum absolute atomic E-state index is 12.4. The second kappa shape index (κ2) is 8.99. The van der Waals surface area contributed by atoms with E-state index in [-0.39, 0.29) is 5.91 Å². The number of hydrogen-bond donors (Lipinski definition) is 1. The second-order valence-corrected chi connectivity index (χ2v) is 6.54. The van der Waals surface area contributed by atoms with Crippen LogP contribution in [0.15, 0.2) is 67.3 Å². The van der Waals surface area contributed by atoms with Gasteiger partial charge in [-0.05, 0) is 55.0 Å². The Labute approximate surface area is 154 Å². The Morgan fingerprint density at radius 3 is 2.73 bits per heavy atom. The second-order valence-electron chi connectivity index (χ2n) is 6.54. The molecule has 0 aliphatic rings. The molecule has 4 heteroatoms. The summed E-state index contributed by atoms with van der Waals surface area (Å²) >= 11 is 0. The Kier molecular flexibility index (Phi) is 6.20. The predicted molar refractivity (Wildman–Crippen MR) is 104 cm³/mol. The number of carbonyl (C=O) groups is 1. The number of imidazole rings is 1. The summed E-state index contributed by atoms with van der Waals surface area (Å²) < 4.78 is 2.01. The zero-order valence-corrected chi connectivity index (χ0v) is 15.2. The lowest BCUT2D eigenvalue weighted by molar-refractivity contribution is 0.0952. The zero-order chi connectivity index (χ0) is 18.2. The number of aromatic nitrogens is 2. The van der Waals surface area contributed by atoms with E-state index < -0.39 is 0 Å². The topological polar surface area (TPSA) is 46.9 Å². The van der Waals surface area contributed by atoms with Gasteiger partial charge in [0.25, 0.3) is 5.91 Å². The average Bonchev–Trinajstić information content (AvgIpc) is 3.19. The molecule has 3 rings (SSSR count). The van der Waals surface area contributed by atoms with Crippen LogP contribution in [0.4, 0.5) is 0 Å². The van der Waals surface area contributed by atoms with Crippen molar-refractivity contribution in [3.8, 4) is 0 Å². The molecule has 26 heavy (non-hydrogen) atoms. The number of hydrogen-bond acceptors (Lipinski definition) is 2. The van der Waals surface area contributed by atoms with Gasteiger partial charge in [-0.25, -0.2) is 4.98 Å². The molecular weight excluding hydrogens is 322 g/mol. The molecule has 0 saturated heterocycles. The van der Waals surface area contributed by atoms with E-state index in [0.717, 1.165) is 31.4 Å². The van der Waals surface area contributed by atoms with Gasteiger partial charge in [-0.2, -0.15) is 0 Å². The summed E-state index contributed by atoms with van der Waals surface area (Å²) in [6, 6.07) is 16.4. The SMILES string of the molecule is Cc1ccc(C(=O)NCCCn2ccnc2)cc1CCc1ccccc1. The minimum Gasteiger partial charge on any atom is -0.352 e. The van der Waals surface area contributed by atoms with Crippen molar-refractivity contribution < 1.29 is 4.79 Å². The molecule has 0 aliphatic carbocycles. The summed E-state index contributed by atoms with van der Waals surface area (Å²) in [5.74, 6) is -0.00316. The number of benzene rings is 2. The first-order valence-corrected chi connectivity index (χ1v) is 9.10. The number of carbonyl (C=O) groups excluding carboxylic acids is 1. The lowest BCUT2D eigenvalue weighted by Gasteiger charge is -2.10. The van der Waals surface area contributed by atoms with Crippen LogP contribution in [0.25, 0.3) is 0 Å². The first-order chi connectivity index (χ1) is 12.7. The summed E-state index contributed by atoms with van der Waals surface area (Å²) in [6.45, 7) is 3.62. The highest BCUT2D eigenvalue weighted by Gasteiger charge is 2.08. The molecule has 0 fully saturated rings. The fraction of sp³-hybridized carbons (Fsp3) is 0.273. The number of nitrogens with one attached hydrogen (secondary N) is 1. The molecule has 0 atom stereocenters. The third-order valence-corrected chi connectivity index (χ3v) is 4.57. The maximum Gasteiger partial charge on any atom is 0.251 e. The molecule has 0 saturated carbocycles. The Bertz CT molecular complexity index is 826. The number of rotatable bonds is 8. The highest BCUT2D eigenvalue weighted by atomic mass is 16.1. The van der Waals surface area contributed by atoms with Crippen LogP contribution in [-0.4, -0.2) is 22.0 Å². The van der Waals surface area contributed by atoms with Crippen molar-refractivity contribution in [2.75, 3.05) is 6.54 Å². The van der Waals surface area contributed by atoms with Gasteiger partial charge in [0.1, 0.15) is 0 Å². The van der Waals surface area contributed by atoms with Crippen LogP contribution in [0, 0.1) is 6.92 Å². The summed E-state index contributed by atoms with van der Waals surface area (Å²) in [7, 11) is 0. The van der Waals surface area contributed by atoms with Gasteiger partial charge in [-0.1, -0.05) is 36.4 Å². The molecule has 1 N–H and O–H groups in total. The minimum absolute atomic E-state index is 0.00316. The van der Waals surface area contributed by atoms with E-state index in [1.807, 2.05) is 35.0 Å². The van der Waals surface area contributed by atoms with Gasteiger partial charge in [-0.15, -0.1) is 0 Å². The first kappa shape index (κ1) is 17.9. The van der Waals surface area contributed by atoms with Crippen LogP contribution in [0.2, 0.25) is 0 Å². The smallest absolute Gasteiger partial charge is 0.251 e. The largest absolute Gasteiger partial charge is 0.352 e. The number of aryl methyl sites for hydroxylation is 4. The Hall–Kier alpha value is -2.88. The molecule has 1 heterocycles. The molecule has 0 unspecified atom stereocenters. The van der Waals surface area contributed by atoms with Crippen molar-refractivity contribution in [3.63, 3.8) is 0 Å². The molecule has 0 aliphatic heterocycles. The predicted octanol–water partition coefficient (Wildman–Crippen LogP) is 3.80. The summed E-state index contributed by atoms with van der Waals surface area (Å²) in [6.07, 6.45) is 8.30. The maximum atomic E-state index is 12.4.